The highest BCUT2D eigenvalue weighted by Gasteiger charge is 2.06. The van der Waals surface area contributed by atoms with Gasteiger partial charge >= 0.3 is 5.97 Å². The van der Waals surface area contributed by atoms with Gasteiger partial charge in [-0.1, -0.05) is 0 Å². The van der Waals surface area contributed by atoms with Crippen LogP contribution in [0.3, 0.4) is 0 Å². The molecule has 9 heteroatoms. The van der Waals surface area contributed by atoms with Gasteiger partial charge in [-0.25, -0.2) is 4.98 Å². The molecule has 0 saturated carbocycles. The standard InChI is InChI=1S/C13H15N3O4S2/c17-10(14-3-1-2-12(19)20)8-21-7-9-6-11(18)16-4-5-22-13(16)15-9/h4-6H,1-3,7-8H2,(H,14,17)(H,19,20). The third kappa shape index (κ3) is 4.85. The quantitative estimate of drug-likeness (QED) is 0.694. The summed E-state index contributed by atoms with van der Waals surface area (Å²) in [5, 5.41) is 12.9. The summed E-state index contributed by atoms with van der Waals surface area (Å²) in [7, 11) is 0. The van der Waals surface area contributed by atoms with Gasteiger partial charge in [-0.15, -0.1) is 23.1 Å². The summed E-state index contributed by atoms with van der Waals surface area (Å²) in [6, 6.07) is 1.47. The van der Waals surface area contributed by atoms with Crippen LogP contribution in [-0.2, 0) is 15.3 Å². The zero-order valence-electron chi connectivity index (χ0n) is 11.7. The van der Waals surface area contributed by atoms with Gasteiger partial charge in [0.05, 0.1) is 11.4 Å². The van der Waals surface area contributed by atoms with E-state index in [1.165, 1.54) is 33.6 Å². The van der Waals surface area contributed by atoms with E-state index in [4.69, 9.17) is 5.11 Å². The van der Waals surface area contributed by atoms with Gasteiger partial charge in [0.15, 0.2) is 4.96 Å². The normalized spacial score (nSPS) is 10.7. The van der Waals surface area contributed by atoms with Crippen molar-refractivity contribution in [3.63, 3.8) is 0 Å². The van der Waals surface area contributed by atoms with Crippen molar-refractivity contribution in [1.29, 1.82) is 0 Å². The highest BCUT2D eigenvalue weighted by atomic mass is 32.2. The summed E-state index contributed by atoms with van der Waals surface area (Å²) in [4.78, 5) is 38.6. The largest absolute Gasteiger partial charge is 0.481 e. The molecule has 2 aromatic heterocycles. The van der Waals surface area contributed by atoms with E-state index in [-0.39, 0.29) is 23.6 Å². The van der Waals surface area contributed by atoms with Crippen molar-refractivity contribution < 1.29 is 14.7 Å². The molecule has 0 spiro atoms. The molecule has 2 aromatic rings. The Hall–Kier alpha value is -1.87. The number of thiazole rings is 1. The van der Waals surface area contributed by atoms with Gasteiger partial charge in [0, 0.05) is 36.4 Å². The molecule has 0 aliphatic rings. The first-order chi connectivity index (χ1) is 10.6. The monoisotopic (exact) mass is 341 g/mol. The number of rotatable bonds is 8. The molecule has 22 heavy (non-hydrogen) atoms. The van der Waals surface area contributed by atoms with Crippen molar-refractivity contribution in [2.24, 2.45) is 0 Å². The molecule has 0 aliphatic carbocycles. The SMILES string of the molecule is O=C(O)CCCNC(=O)CSCc1cc(=O)n2ccsc2n1. The Morgan fingerprint density at radius 3 is 3.05 bits per heavy atom. The maximum Gasteiger partial charge on any atom is 0.303 e. The van der Waals surface area contributed by atoms with Crippen LogP contribution in [0, 0.1) is 0 Å². The number of carboxylic acids is 1. The molecule has 118 valence electrons. The number of thioether (sulfide) groups is 1. The highest BCUT2D eigenvalue weighted by Crippen LogP contribution is 2.12. The summed E-state index contributed by atoms with van der Waals surface area (Å²) in [5.41, 5.74) is 0.524. The van der Waals surface area contributed by atoms with Crippen LogP contribution < -0.4 is 10.9 Å². The van der Waals surface area contributed by atoms with Crippen LogP contribution in [0.25, 0.3) is 4.96 Å². The van der Waals surface area contributed by atoms with E-state index in [9.17, 15) is 14.4 Å². The predicted octanol–water partition coefficient (Wildman–Crippen LogP) is 0.970. The molecule has 0 unspecified atom stereocenters. The first-order valence-corrected chi connectivity index (χ1v) is 8.62. The molecule has 1 amide bonds. The molecule has 0 radical (unpaired) electrons. The number of nitrogens with one attached hydrogen (secondary N) is 1. The van der Waals surface area contributed by atoms with Crippen molar-refractivity contribution in [3.05, 3.63) is 33.7 Å². The average Bonchev–Trinajstić information content (AvgIpc) is 2.92. The Kier molecular flexibility index (Phi) is 5.96. The Morgan fingerprint density at radius 2 is 2.27 bits per heavy atom. The van der Waals surface area contributed by atoms with E-state index in [1.807, 2.05) is 0 Å². The van der Waals surface area contributed by atoms with Crippen LogP contribution in [0.4, 0.5) is 0 Å². The van der Waals surface area contributed by atoms with Gasteiger partial charge in [0.1, 0.15) is 0 Å². The molecule has 0 aliphatic heterocycles. The second-order valence-corrected chi connectivity index (χ2v) is 6.34. The minimum absolute atomic E-state index is 0.0438. The summed E-state index contributed by atoms with van der Waals surface area (Å²) >= 11 is 2.75. The molecular weight excluding hydrogens is 326 g/mol. The lowest BCUT2D eigenvalue weighted by atomic mass is 10.3. The van der Waals surface area contributed by atoms with Crippen LogP contribution in [-0.4, -0.2) is 38.7 Å². The van der Waals surface area contributed by atoms with Gasteiger partial charge in [0.25, 0.3) is 5.56 Å². The van der Waals surface area contributed by atoms with Crippen molar-refractivity contribution in [2.75, 3.05) is 12.3 Å². The molecule has 0 saturated heterocycles. The van der Waals surface area contributed by atoms with Gasteiger partial charge in [-0.05, 0) is 6.42 Å². The second-order valence-electron chi connectivity index (χ2n) is 4.48. The number of amides is 1. The number of carbonyl (C=O) groups is 2. The fourth-order valence-electron chi connectivity index (χ4n) is 1.73. The zero-order valence-corrected chi connectivity index (χ0v) is 13.3. The zero-order chi connectivity index (χ0) is 15.9. The molecule has 2 heterocycles. The lowest BCUT2D eigenvalue weighted by Crippen LogP contribution is -2.26. The van der Waals surface area contributed by atoms with E-state index in [1.54, 1.807) is 11.6 Å². The van der Waals surface area contributed by atoms with E-state index < -0.39 is 5.97 Å². The van der Waals surface area contributed by atoms with Crippen LogP contribution in [0.1, 0.15) is 18.5 Å². The third-order valence-electron chi connectivity index (χ3n) is 2.73. The van der Waals surface area contributed by atoms with E-state index in [2.05, 4.69) is 10.3 Å². The lowest BCUT2D eigenvalue weighted by molar-refractivity contribution is -0.137. The number of carboxylic acid groups (broad SMARTS) is 1. The van der Waals surface area contributed by atoms with Gasteiger partial charge in [-0.2, -0.15) is 0 Å². The third-order valence-corrected chi connectivity index (χ3v) is 4.45. The molecule has 0 atom stereocenters. The molecule has 7 nitrogen and oxygen atoms in total. The van der Waals surface area contributed by atoms with Crippen molar-refractivity contribution in [3.8, 4) is 0 Å². The Morgan fingerprint density at radius 1 is 1.45 bits per heavy atom. The lowest BCUT2D eigenvalue weighted by Gasteiger charge is -2.04. The fraction of sp³-hybridized carbons (Fsp3) is 0.385. The molecular formula is C13H15N3O4S2. The summed E-state index contributed by atoms with van der Waals surface area (Å²) in [5.74, 6) is -0.292. The highest BCUT2D eigenvalue weighted by molar-refractivity contribution is 7.99. The smallest absolute Gasteiger partial charge is 0.303 e. The molecule has 2 rings (SSSR count). The molecule has 0 aromatic carbocycles. The van der Waals surface area contributed by atoms with Gasteiger partial charge in [-0.3, -0.25) is 18.8 Å². The van der Waals surface area contributed by atoms with E-state index in [0.717, 1.165) is 0 Å². The van der Waals surface area contributed by atoms with Crippen LogP contribution in [0.5, 0.6) is 0 Å². The molecule has 0 bridgehead atoms. The molecule has 0 fully saturated rings. The van der Waals surface area contributed by atoms with E-state index in [0.29, 0.717) is 29.4 Å². The van der Waals surface area contributed by atoms with Gasteiger partial charge in [0.2, 0.25) is 5.91 Å². The van der Waals surface area contributed by atoms with Crippen LogP contribution in [0.15, 0.2) is 22.4 Å². The molecule has 2 N–H and O–H groups in total. The first kappa shape index (κ1) is 16.5. The number of aliphatic carboxylic acids is 1. The number of hydrogen-bond acceptors (Lipinski definition) is 6. The van der Waals surface area contributed by atoms with Crippen molar-refractivity contribution in [1.82, 2.24) is 14.7 Å². The first-order valence-electron chi connectivity index (χ1n) is 6.58. The van der Waals surface area contributed by atoms with Crippen molar-refractivity contribution in [2.45, 2.75) is 18.6 Å². The maximum atomic E-state index is 11.8. The average molecular weight is 341 g/mol. The summed E-state index contributed by atoms with van der Waals surface area (Å²) < 4.78 is 1.48. The number of aromatic nitrogens is 2. The minimum atomic E-state index is -0.870. The predicted molar refractivity (Wildman–Crippen MR) is 85.4 cm³/mol. The second kappa shape index (κ2) is 7.95. The Bertz CT molecular complexity index is 725. The minimum Gasteiger partial charge on any atom is -0.481 e. The van der Waals surface area contributed by atoms with Gasteiger partial charge < -0.3 is 10.4 Å². The summed E-state index contributed by atoms with van der Waals surface area (Å²) in [6.07, 6.45) is 2.14. The number of nitrogens with zero attached hydrogens (tertiary/aromatic N) is 2. The topological polar surface area (TPSA) is 101 Å². The van der Waals surface area contributed by atoms with Crippen molar-refractivity contribution >= 4 is 39.9 Å². The van der Waals surface area contributed by atoms with E-state index >= 15 is 0 Å². The number of fused-ring (bicyclic) bond motifs is 1. The summed E-state index contributed by atoms with van der Waals surface area (Å²) in [6.45, 7) is 0.354. The maximum absolute atomic E-state index is 11.8. The fourth-order valence-corrected chi connectivity index (χ4v) is 3.21. The number of hydrogen-bond donors (Lipinski definition) is 2. The van der Waals surface area contributed by atoms with Crippen LogP contribution in [0.2, 0.25) is 0 Å². The van der Waals surface area contributed by atoms with Crippen LogP contribution >= 0.6 is 23.1 Å². The Balaban J connectivity index is 1.74. The number of carbonyl (C=O) groups excluding carboxylic acids is 1. The Labute approximate surface area is 134 Å².